The van der Waals surface area contributed by atoms with Gasteiger partial charge in [-0.15, -0.1) is 0 Å². The monoisotopic (exact) mass is 369 g/mol. The third-order valence-electron chi connectivity index (χ3n) is 5.21. The number of benzene rings is 1. The minimum absolute atomic E-state index is 0.00891. The van der Waals surface area contributed by atoms with Gasteiger partial charge in [-0.2, -0.15) is 0 Å². The molecule has 0 saturated carbocycles. The van der Waals surface area contributed by atoms with Crippen LogP contribution in [0.2, 0.25) is 0 Å². The predicted octanol–water partition coefficient (Wildman–Crippen LogP) is 4.25. The van der Waals surface area contributed by atoms with Crippen molar-refractivity contribution < 1.29 is 9.53 Å². The lowest BCUT2D eigenvalue weighted by molar-refractivity contribution is 0.188. The van der Waals surface area contributed by atoms with Gasteiger partial charge in [0.1, 0.15) is 12.4 Å². The quantitative estimate of drug-likeness (QED) is 0.801. The third-order valence-corrected chi connectivity index (χ3v) is 5.21. The Kier molecular flexibility index (Phi) is 5.78. The van der Waals surface area contributed by atoms with Gasteiger partial charge in [0.05, 0.1) is 12.6 Å². The van der Waals surface area contributed by atoms with Gasteiger partial charge >= 0.3 is 6.03 Å². The fourth-order valence-corrected chi connectivity index (χ4v) is 3.62. The molecule has 1 aliphatic rings. The maximum Gasteiger partial charge on any atom is 0.318 e. The molecular weight excluding hydrogens is 338 g/mol. The minimum Gasteiger partial charge on any atom is -0.492 e. The number of urea groups is 1. The molecule has 0 radical (unpaired) electrons. The molecule has 1 saturated heterocycles. The number of hydrogen-bond donors (Lipinski definition) is 1. The lowest BCUT2D eigenvalue weighted by Crippen LogP contribution is -2.41. The highest BCUT2D eigenvalue weighted by molar-refractivity contribution is 5.75. The Hall–Kier alpha value is -2.43. The van der Waals surface area contributed by atoms with Gasteiger partial charge in [0.15, 0.2) is 0 Å². The van der Waals surface area contributed by atoms with E-state index in [1.807, 2.05) is 36.3 Å². The van der Waals surface area contributed by atoms with E-state index in [0.29, 0.717) is 13.2 Å². The van der Waals surface area contributed by atoms with Crippen molar-refractivity contribution in [1.82, 2.24) is 14.8 Å². The van der Waals surface area contributed by atoms with Gasteiger partial charge in [0, 0.05) is 25.5 Å². The van der Waals surface area contributed by atoms with Gasteiger partial charge in [-0.25, -0.2) is 4.79 Å². The summed E-state index contributed by atoms with van der Waals surface area (Å²) in [6, 6.07) is 12.5. The molecule has 1 fully saturated rings. The Morgan fingerprint density at radius 1 is 1.22 bits per heavy atom. The molecule has 5 nitrogen and oxygen atoms in total. The van der Waals surface area contributed by atoms with Gasteiger partial charge in [-0.3, -0.25) is 0 Å². The van der Waals surface area contributed by atoms with Crippen LogP contribution in [0.3, 0.4) is 0 Å². The summed E-state index contributed by atoms with van der Waals surface area (Å²) in [4.78, 5) is 14.5. The molecule has 1 aromatic carbocycles. The van der Waals surface area contributed by atoms with E-state index >= 15 is 0 Å². The van der Waals surface area contributed by atoms with Gasteiger partial charge in [-0.05, 0) is 48.1 Å². The van der Waals surface area contributed by atoms with Gasteiger partial charge in [0.25, 0.3) is 0 Å². The fraction of sp³-hybridized carbons (Fsp3) is 0.500. The van der Waals surface area contributed by atoms with Gasteiger partial charge in [0.2, 0.25) is 0 Å². The van der Waals surface area contributed by atoms with Gasteiger partial charge < -0.3 is 19.5 Å². The number of aryl methyl sites for hydroxylation is 1. The first kappa shape index (κ1) is 19.3. The van der Waals surface area contributed by atoms with Crippen LogP contribution in [0.4, 0.5) is 4.79 Å². The molecule has 5 heteroatoms. The van der Waals surface area contributed by atoms with Crippen LogP contribution >= 0.6 is 0 Å². The Labute approximate surface area is 162 Å². The zero-order valence-corrected chi connectivity index (χ0v) is 16.9. The maximum atomic E-state index is 12.6. The SMILES string of the molecule is Cn1cccc1C1CCCN1C(=O)NCCOc1ccc(C(C)(C)C)cc1. The number of carbonyl (C=O) groups excluding carboxylic acids is 1. The standard InChI is InChI=1S/C22H31N3O2/c1-22(2,3)17-9-11-18(12-10-17)27-16-13-23-21(26)25-15-6-8-20(25)19-7-5-14-24(19)4/h5,7,9-12,14,20H,6,8,13,15-16H2,1-4H3,(H,23,26). The number of nitrogens with zero attached hydrogens (tertiary/aromatic N) is 2. The number of amides is 2. The van der Waals surface area contributed by atoms with Crippen LogP contribution in [-0.4, -0.2) is 35.2 Å². The first-order chi connectivity index (χ1) is 12.9. The van der Waals surface area contributed by atoms with Crippen molar-refractivity contribution in [1.29, 1.82) is 0 Å². The Bertz CT molecular complexity index is 759. The summed E-state index contributed by atoms with van der Waals surface area (Å²) in [5.41, 5.74) is 2.61. The van der Waals surface area contributed by atoms with E-state index in [1.54, 1.807) is 0 Å². The van der Waals surface area contributed by atoms with Crippen molar-refractivity contribution in [2.45, 2.75) is 45.1 Å². The molecule has 3 rings (SSSR count). The van der Waals surface area contributed by atoms with Crippen LogP contribution in [0, 0.1) is 0 Å². The average molecular weight is 370 g/mol. The highest BCUT2D eigenvalue weighted by atomic mass is 16.5. The molecule has 1 N–H and O–H groups in total. The van der Waals surface area contributed by atoms with Crippen LogP contribution in [0.5, 0.6) is 5.75 Å². The van der Waals surface area contributed by atoms with E-state index in [1.165, 1.54) is 11.3 Å². The van der Waals surface area contributed by atoms with Crippen molar-refractivity contribution in [2.75, 3.05) is 19.7 Å². The van der Waals surface area contributed by atoms with Crippen molar-refractivity contribution in [3.63, 3.8) is 0 Å². The van der Waals surface area contributed by atoms with Crippen molar-refractivity contribution >= 4 is 6.03 Å². The van der Waals surface area contributed by atoms with Crippen molar-refractivity contribution in [2.24, 2.45) is 7.05 Å². The Morgan fingerprint density at radius 3 is 2.59 bits per heavy atom. The Morgan fingerprint density at radius 2 is 1.96 bits per heavy atom. The summed E-state index contributed by atoms with van der Waals surface area (Å²) in [5.74, 6) is 0.833. The second-order valence-electron chi connectivity index (χ2n) is 8.25. The van der Waals surface area contributed by atoms with E-state index in [0.717, 1.165) is 25.1 Å². The van der Waals surface area contributed by atoms with Crippen molar-refractivity contribution in [3.05, 3.63) is 53.9 Å². The topological polar surface area (TPSA) is 46.5 Å². The van der Waals surface area contributed by atoms with E-state index < -0.39 is 0 Å². The van der Waals surface area contributed by atoms with Crippen LogP contribution in [0.15, 0.2) is 42.6 Å². The van der Waals surface area contributed by atoms with Crippen LogP contribution < -0.4 is 10.1 Å². The molecule has 2 amide bonds. The summed E-state index contributed by atoms with van der Waals surface area (Å²) in [6.07, 6.45) is 4.09. The number of ether oxygens (including phenoxy) is 1. The van der Waals surface area contributed by atoms with E-state index in [2.05, 4.69) is 48.9 Å². The maximum absolute atomic E-state index is 12.6. The molecule has 1 aliphatic heterocycles. The normalized spacial score (nSPS) is 17.2. The minimum atomic E-state index is -0.00891. The van der Waals surface area contributed by atoms with Crippen LogP contribution in [0.1, 0.15) is 50.9 Å². The zero-order chi connectivity index (χ0) is 19.4. The molecule has 1 atom stereocenters. The molecule has 1 unspecified atom stereocenters. The largest absolute Gasteiger partial charge is 0.492 e. The second kappa shape index (κ2) is 8.07. The highest BCUT2D eigenvalue weighted by Gasteiger charge is 2.31. The fourth-order valence-electron chi connectivity index (χ4n) is 3.62. The number of aromatic nitrogens is 1. The molecule has 2 aromatic rings. The van der Waals surface area contributed by atoms with Crippen LogP contribution in [-0.2, 0) is 12.5 Å². The summed E-state index contributed by atoms with van der Waals surface area (Å²) in [6.45, 7) is 8.34. The molecule has 27 heavy (non-hydrogen) atoms. The molecule has 0 aliphatic carbocycles. The summed E-state index contributed by atoms with van der Waals surface area (Å²) >= 11 is 0. The van der Waals surface area contributed by atoms with E-state index in [9.17, 15) is 4.79 Å². The summed E-state index contributed by atoms with van der Waals surface area (Å²) in [5, 5.41) is 2.99. The Balaban J connectivity index is 1.46. The molecule has 0 spiro atoms. The summed E-state index contributed by atoms with van der Waals surface area (Å²) < 4.78 is 7.87. The summed E-state index contributed by atoms with van der Waals surface area (Å²) in [7, 11) is 2.03. The second-order valence-corrected chi connectivity index (χ2v) is 8.25. The predicted molar refractivity (Wildman–Crippen MR) is 108 cm³/mol. The molecule has 146 valence electrons. The lowest BCUT2D eigenvalue weighted by atomic mass is 9.87. The molecular formula is C22H31N3O2. The van der Waals surface area contributed by atoms with E-state index in [4.69, 9.17) is 4.74 Å². The van der Waals surface area contributed by atoms with Crippen molar-refractivity contribution in [3.8, 4) is 5.75 Å². The first-order valence-corrected chi connectivity index (χ1v) is 9.75. The molecule has 1 aromatic heterocycles. The number of carbonyl (C=O) groups is 1. The number of nitrogens with one attached hydrogen (secondary N) is 1. The number of likely N-dealkylation sites (tertiary alicyclic amines) is 1. The lowest BCUT2D eigenvalue weighted by Gasteiger charge is -2.25. The third kappa shape index (κ3) is 4.65. The van der Waals surface area contributed by atoms with Crippen LogP contribution in [0.25, 0.3) is 0 Å². The number of hydrogen-bond acceptors (Lipinski definition) is 2. The molecule has 0 bridgehead atoms. The van der Waals surface area contributed by atoms with E-state index in [-0.39, 0.29) is 17.5 Å². The smallest absolute Gasteiger partial charge is 0.318 e. The molecule has 2 heterocycles. The van der Waals surface area contributed by atoms with Gasteiger partial charge in [-0.1, -0.05) is 32.9 Å². The zero-order valence-electron chi connectivity index (χ0n) is 16.9. The highest BCUT2D eigenvalue weighted by Crippen LogP contribution is 2.31. The first-order valence-electron chi connectivity index (χ1n) is 9.75. The average Bonchev–Trinajstić information content (AvgIpc) is 3.26. The number of rotatable bonds is 5.